The van der Waals surface area contributed by atoms with E-state index in [4.69, 9.17) is 0 Å². The van der Waals surface area contributed by atoms with Gasteiger partial charge in [-0.05, 0) is 43.9 Å². The Labute approximate surface area is 133 Å². The van der Waals surface area contributed by atoms with Crippen LogP contribution in [-0.4, -0.2) is 35.2 Å². The molecule has 1 saturated heterocycles. The molecule has 3 rings (SSSR count). The lowest BCUT2D eigenvalue weighted by Crippen LogP contribution is -2.37. The normalized spacial score (nSPS) is 25.5. The highest BCUT2D eigenvalue weighted by Crippen LogP contribution is 2.28. The molecule has 2 heteroatoms. The second kappa shape index (κ2) is 7.08. The van der Waals surface area contributed by atoms with Gasteiger partial charge >= 0.3 is 0 Å². The van der Waals surface area contributed by atoms with E-state index in [-0.39, 0.29) is 12.1 Å². The predicted octanol–water partition coefficient (Wildman–Crippen LogP) is 3.30. The zero-order valence-corrected chi connectivity index (χ0v) is 13.2. The summed E-state index contributed by atoms with van der Waals surface area (Å²) in [5.41, 5.74) is 2.69. The largest absolute Gasteiger partial charge is 0.391 e. The Kier molecular flexibility index (Phi) is 4.91. The maximum Gasteiger partial charge on any atom is 0.0713 e. The molecule has 1 heterocycles. The maximum absolute atomic E-state index is 10.4. The van der Waals surface area contributed by atoms with Crippen LogP contribution in [0.2, 0.25) is 0 Å². The molecule has 0 saturated carbocycles. The second-order valence-corrected chi connectivity index (χ2v) is 6.40. The molecule has 1 aliphatic heterocycles. The van der Waals surface area contributed by atoms with E-state index in [1.165, 1.54) is 11.1 Å². The van der Waals surface area contributed by atoms with Crippen LogP contribution in [0.15, 0.2) is 60.7 Å². The number of likely N-dealkylation sites (tertiary alicyclic amines) is 1. The van der Waals surface area contributed by atoms with Gasteiger partial charge in [0.1, 0.15) is 0 Å². The molecule has 0 aromatic heterocycles. The quantitative estimate of drug-likeness (QED) is 0.915. The van der Waals surface area contributed by atoms with E-state index in [1.807, 2.05) is 6.07 Å². The van der Waals surface area contributed by atoms with Crippen molar-refractivity contribution in [2.45, 2.75) is 43.9 Å². The van der Waals surface area contributed by atoms with Crippen LogP contribution in [0.4, 0.5) is 0 Å². The Balaban J connectivity index is 1.59. The van der Waals surface area contributed by atoms with Gasteiger partial charge in [0, 0.05) is 12.1 Å². The van der Waals surface area contributed by atoms with Crippen molar-refractivity contribution in [3.05, 3.63) is 71.8 Å². The van der Waals surface area contributed by atoms with Crippen LogP contribution in [0.25, 0.3) is 0 Å². The number of aliphatic hydroxyl groups is 1. The summed E-state index contributed by atoms with van der Waals surface area (Å²) in [6, 6.07) is 21.8. The summed E-state index contributed by atoms with van der Waals surface area (Å²) in [6.45, 7) is 0. The van der Waals surface area contributed by atoms with Crippen molar-refractivity contribution in [2.75, 3.05) is 7.05 Å². The zero-order chi connectivity index (χ0) is 15.4. The first-order chi connectivity index (χ1) is 10.7. The second-order valence-electron chi connectivity index (χ2n) is 6.40. The van der Waals surface area contributed by atoms with Gasteiger partial charge < -0.3 is 5.11 Å². The fraction of sp³-hybridized carbons (Fsp3) is 0.400. The molecule has 0 bridgehead atoms. The molecule has 1 aliphatic rings. The Morgan fingerprint density at radius 1 is 0.955 bits per heavy atom. The third-order valence-corrected chi connectivity index (χ3v) is 4.95. The van der Waals surface area contributed by atoms with Crippen LogP contribution in [0.3, 0.4) is 0 Å². The van der Waals surface area contributed by atoms with Gasteiger partial charge in [0.05, 0.1) is 6.10 Å². The molecule has 0 unspecified atom stereocenters. The smallest absolute Gasteiger partial charge is 0.0713 e. The van der Waals surface area contributed by atoms with Crippen LogP contribution in [0.1, 0.15) is 24.0 Å². The number of likely N-dealkylation sites (N-methyl/N-ethyl adjacent to an activating group) is 1. The third-order valence-electron chi connectivity index (χ3n) is 4.95. The SMILES string of the molecule is CN1[C@H](CCc2ccccc2)C[C@H](O)[C@@H]1Cc1ccccc1. The van der Waals surface area contributed by atoms with Gasteiger partial charge in [-0.25, -0.2) is 0 Å². The molecule has 2 aromatic carbocycles. The van der Waals surface area contributed by atoms with Gasteiger partial charge in [-0.1, -0.05) is 60.7 Å². The molecule has 22 heavy (non-hydrogen) atoms. The van der Waals surface area contributed by atoms with Crippen molar-refractivity contribution < 1.29 is 5.11 Å². The van der Waals surface area contributed by atoms with Gasteiger partial charge in [0.25, 0.3) is 0 Å². The van der Waals surface area contributed by atoms with E-state index in [1.54, 1.807) is 0 Å². The van der Waals surface area contributed by atoms with E-state index in [0.717, 1.165) is 25.7 Å². The van der Waals surface area contributed by atoms with Crippen molar-refractivity contribution >= 4 is 0 Å². The molecule has 0 spiro atoms. The summed E-state index contributed by atoms with van der Waals surface area (Å²) in [6.07, 6.45) is 3.80. The van der Waals surface area contributed by atoms with Crippen molar-refractivity contribution in [3.8, 4) is 0 Å². The van der Waals surface area contributed by atoms with Crippen molar-refractivity contribution in [2.24, 2.45) is 0 Å². The van der Waals surface area contributed by atoms with Gasteiger partial charge in [0.15, 0.2) is 0 Å². The molecular weight excluding hydrogens is 270 g/mol. The lowest BCUT2D eigenvalue weighted by molar-refractivity contribution is 0.123. The molecule has 3 atom stereocenters. The van der Waals surface area contributed by atoms with E-state index in [0.29, 0.717) is 6.04 Å². The Morgan fingerprint density at radius 3 is 2.18 bits per heavy atom. The zero-order valence-electron chi connectivity index (χ0n) is 13.2. The lowest BCUT2D eigenvalue weighted by Gasteiger charge is -2.26. The number of hydrogen-bond acceptors (Lipinski definition) is 2. The molecule has 1 fully saturated rings. The summed E-state index contributed by atoms with van der Waals surface area (Å²) < 4.78 is 0. The topological polar surface area (TPSA) is 23.5 Å². The lowest BCUT2D eigenvalue weighted by atomic mass is 10.0. The molecule has 0 radical (unpaired) electrons. The van der Waals surface area contributed by atoms with Crippen LogP contribution in [-0.2, 0) is 12.8 Å². The highest BCUT2D eigenvalue weighted by molar-refractivity contribution is 5.18. The van der Waals surface area contributed by atoms with E-state index < -0.39 is 0 Å². The van der Waals surface area contributed by atoms with Crippen LogP contribution < -0.4 is 0 Å². The van der Waals surface area contributed by atoms with Crippen molar-refractivity contribution in [1.29, 1.82) is 0 Å². The summed E-state index contributed by atoms with van der Waals surface area (Å²) in [7, 11) is 2.17. The summed E-state index contributed by atoms with van der Waals surface area (Å²) >= 11 is 0. The minimum absolute atomic E-state index is 0.217. The number of aryl methyl sites for hydroxylation is 1. The molecule has 2 aromatic rings. The van der Waals surface area contributed by atoms with E-state index in [2.05, 4.69) is 66.5 Å². The Bertz CT molecular complexity index is 569. The number of aliphatic hydroxyl groups excluding tert-OH is 1. The Hall–Kier alpha value is -1.64. The van der Waals surface area contributed by atoms with Crippen LogP contribution in [0.5, 0.6) is 0 Å². The fourth-order valence-corrected chi connectivity index (χ4v) is 3.58. The molecule has 0 amide bonds. The maximum atomic E-state index is 10.4. The third kappa shape index (κ3) is 3.57. The van der Waals surface area contributed by atoms with Crippen LogP contribution >= 0.6 is 0 Å². The number of nitrogens with zero attached hydrogens (tertiary/aromatic N) is 1. The summed E-state index contributed by atoms with van der Waals surface area (Å²) in [5.74, 6) is 0. The van der Waals surface area contributed by atoms with Gasteiger partial charge in [-0.15, -0.1) is 0 Å². The molecule has 2 nitrogen and oxygen atoms in total. The highest BCUT2D eigenvalue weighted by atomic mass is 16.3. The van der Waals surface area contributed by atoms with Gasteiger partial charge in [0.2, 0.25) is 0 Å². The average molecular weight is 295 g/mol. The first kappa shape index (κ1) is 15.3. The monoisotopic (exact) mass is 295 g/mol. The number of rotatable bonds is 5. The minimum Gasteiger partial charge on any atom is -0.391 e. The first-order valence-corrected chi connectivity index (χ1v) is 8.22. The standard InChI is InChI=1S/C20H25NO/c1-21-18(13-12-16-8-4-2-5-9-16)15-20(22)19(21)14-17-10-6-3-7-11-17/h2-11,18-20,22H,12-15H2,1H3/t18-,19+,20+/m1/s1. The van der Waals surface area contributed by atoms with Crippen molar-refractivity contribution in [3.63, 3.8) is 0 Å². The summed E-state index contributed by atoms with van der Waals surface area (Å²) in [5, 5.41) is 10.4. The van der Waals surface area contributed by atoms with Gasteiger partial charge in [-0.3, -0.25) is 4.90 Å². The number of hydrogen-bond donors (Lipinski definition) is 1. The minimum atomic E-state index is -0.217. The number of benzene rings is 2. The molecule has 116 valence electrons. The van der Waals surface area contributed by atoms with Gasteiger partial charge in [-0.2, -0.15) is 0 Å². The Morgan fingerprint density at radius 2 is 1.55 bits per heavy atom. The molecule has 1 N–H and O–H groups in total. The average Bonchev–Trinajstić information content (AvgIpc) is 2.82. The van der Waals surface area contributed by atoms with Crippen LogP contribution in [0, 0.1) is 0 Å². The van der Waals surface area contributed by atoms with E-state index >= 15 is 0 Å². The predicted molar refractivity (Wildman–Crippen MR) is 90.9 cm³/mol. The summed E-state index contributed by atoms with van der Waals surface area (Å²) in [4.78, 5) is 2.39. The van der Waals surface area contributed by atoms with Crippen molar-refractivity contribution in [1.82, 2.24) is 4.90 Å². The van der Waals surface area contributed by atoms with E-state index in [9.17, 15) is 5.11 Å². The molecule has 0 aliphatic carbocycles. The molecular formula is C20H25NO. The fourth-order valence-electron chi connectivity index (χ4n) is 3.58. The first-order valence-electron chi connectivity index (χ1n) is 8.22. The highest BCUT2D eigenvalue weighted by Gasteiger charge is 2.37.